The van der Waals surface area contributed by atoms with Crippen LogP contribution < -0.4 is 4.74 Å². The number of hydrogen-bond acceptors (Lipinski definition) is 4. The van der Waals surface area contributed by atoms with Gasteiger partial charge in [-0.2, -0.15) is 9.90 Å². The second kappa shape index (κ2) is 5.09. The molecule has 0 saturated carbocycles. The zero-order valence-electron chi connectivity index (χ0n) is 11.0. The number of ether oxygens (including phenoxy) is 1. The van der Waals surface area contributed by atoms with Crippen molar-refractivity contribution in [2.24, 2.45) is 7.05 Å². The lowest BCUT2D eigenvalue weighted by molar-refractivity contribution is 0.0690. The molecule has 0 radical (unpaired) electrons. The van der Waals surface area contributed by atoms with E-state index in [2.05, 4.69) is 10.2 Å². The van der Waals surface area contributed by atoms with Crippen molar-refractivity contribution in [1.29, 1.82) is 0 Å². The van der Waals surface area contributed by atoms with E-state index in [1.54, 1.807) is 13.1 Å². The van der Waals surface area contributed by atoms with Gasteiger partial charge in [-0.25, -0.2) is 4.79 Å². The molecule has 6 nitrogen and oxygen atoms in total. The fourth-order valence-corrected chi connectivity index (χ4v) is 1.86. The van der Waals surface area contributed by atoms with E-state index < -0.39 is 5.97 Å². The summed E-state index contributed by atoms with van der Waals surface area (Å²) in [5.74, 6) is -0.304. The number of nitrogens with zero attached hydrogens (tertiary/aromatic N) is 3. The Bertz CT molecular complexity index is 620. The first-order valence-corrected chi connectivity index (χ1v) is 5.91. The summed E-state index contributed by atoms with van der Waals surface area (Å²) in [6.45, 7) is 4.41. The number of aromatic nitrogens is 3. The lowest BCUT2D eigenvalue weighted by Gasteiger charge is -2.08. The van der Waals surface area contributed by atoms with Gasteiger partial charge in [0.1, 0.15) is 11.4 Å². The van der Waals surface area contributed by atoms with Gasteiger partial charge in [0, 0.05) is 12.6 Å². The Kier molecular flexibility index (Phi) is 3.50. The third-order valence-electron chi connectivity index (χ3n) is 2.66. The number of benzene rings is 1. The average molecular weight is 261 g/mol. The summed E-state index contributed by atoms with van der Waals surface area (Å²) in [7, 11) is 1.59. The van der Waals surface area contributed by atoms with Crippen molar-refractivity contribution < 1.29 is 14.6 Å². The number of hydrogen-bond donors (Lipinski definition) is 1. The molecule has 1 N–H and O–H groups in total. The molecule has 0 unspecified atom stereocenters. The van der Waals surface area contributed by atoms with Gasteiger partial charge in [-0.3, -0.25) is 0 Å². The largest absolute Gasteiger partial charge is 0.494 e. The summed E-state index contributed by atoms with van der Waals surface area (Å²) in [6, 6.07) is 5.45. The highest BCUT2D eigenvalue weighted by Gasteiger charge is 2.18. The molecule has 0 aliphatic rings. The molecule has 19 heavy (non-hydrogen) atoms. The predicted octanol–water partition coefficient (Wildman–Crippen LogP) is 1.89. The van der Waals surface area contributed by atoms with Crippen molar-refractivity contribution in [1.82, 2.24) is 15.0 Å². The molecule has 0 atom stereocenters. The molecule has 100 valence electrons. The highest BCUT2D eigenvalue weighted by Crippen LogP contribution is 2.26. The van der Waals surface area contributed by atoms with Crippen LogP contribution in [0.4, 0.5) is 0 Å². The highest BCUT2D eigenvalue weighted by atomic mass is 16.5. The number of carboxylic acids is 1. The fraction of sp³-hybridized carbons (Fsp3) is 0.308. The molecule has 1 aromatic carbocycles. The summed E-state index contributed by atoms with van der Waals surface area (Å²) in [4.78, 5) is 12.4. The third-order valence-corrected chi connectivity index (χ3v) is 2.66. The van der Waals surface area contributed by atoms with Crippen molar-refractivity contribution in [3.8, 4) is 17.0 Å². The maximum atomic E-state index is 11.1. The quantitative estimate of drug-likeness (QED) is 0.909. The molecular formula is C13H15N3O3. The van der Waals surface area contributed by atoms with Crippen molar-refractivity contribution in [2.45, 2.75) is 13.8 Å². The maximum Gasteiger partial charge on any atom is 0.358 e. The Morgan fingerprint density at radius 3 is 2.74 bits per heavy atom. The summed E-state index contributed by atoms with van der Waals surface area (Å²) >= 11 is 0. The van der Waals surface area contributed by atoms with E-state index in [1.165, 1.54) is 4.80 Å². The molecule has 0 saturated heterocycles. The Morgan fingerprint density at radius 2 is 2.16 bits per heavy atom. The molecule has 1 aromatic heterocycles. The molecule has 0 aliphatic carbocycles. The van der Waals surface area contributed by atoms with E-state index in [9.17, 15) is 4.79 Å². The Hall–Kier alpha value is -2.37. The number of carbonyl (C=O) groups is 1. The minimum atomic E-state index is -1.09. The maximum absolute atomic E-state index is 11.1. The molecule has 6 heteroatoms. The zero-order valence-corrected chi connectivity index (χ0v) is 11.0. The van der Waals surface area contributed by atoms with E-state index in [0.29, 0.717) is 17.9 Å². The van der Waals surface area contributed by atoms with Crippen LogP contribution in [0, 0.1) is 6.92 Å². The van der Waals surface area contributed by atoms with Crippen molar-refractivity contribution in [2.75, 3.05) is 6.61 Å². The Balaban J connectivity index is 2.48. The molecule has 2 rings (SSSR count). The van der Waals surface area contributed by atoms with E-state index in [0.717, 1.165) is 11.3 Å². The topological polar surface area (TPSA) is 77.2 Å². The summed E-state index contributed by atoms with van der Waals surface area (Å²) in [6.07, 6.45) is 0. The van der Waals surface area contributed by atoms with Gasteiger partial charge in [-0.1, -0.05) is 0 Å². The monoisotopic (exact) mass is 261 g/mol. The minimum Gasteiger partial charge on any atom is -0.494 e. The van der Waals surface area contributed by atoms with Crippen LogP contribution in [0.15, 0.2) is 18.2 Å². The van der Waals surface area contributed by atoms with Gasteiger partial charge in [0.25, 0.3) is 0 Å². The van der Waals surface area contributed by atoms with Gasteiger partial charge in [0.15, 0.2) is 5.69 Å². The van der Waals surface area contributed by atoms with E-state index in [1.807, 2.05) is 26.0 Å². The van der Waals surface area contributed by atoms with Crippen LogP contribution in [-0.4, -0.2) is 32.7 Å². The second-order valence-corrected chi connectivity index (χ2v) is 4.11. The van der Waals surface area contributed by atoms with Crippen LogP contribution in [0.25, 0.3) is 11.3 Å². The van der Waals surface area contributed by atoms with Crippen LogP contribution in [0.1, 0.15) is 23.0 Å². The first-order chi connectivity index (χ1) is 9.02. The minimum absolute atomic E-state index is 0.0499. The molecule has 0 aliphatic heterocycles. The van der Waals surface area contributed by atoms with Crippen molar-refractivity contribution in [3.05, 3.63) is 29.5 Å². The fourth-order valence-electron chi connectivity index (χ4n) is 1.86. The van der Waals surface area contributed by atoms with Crippen LogP contribution in [-0.2, 0) is 7.05 Å². The van der Waals surface area contributed by atoms with Crippen LogP contribution >= 0.6 is 0 Å². The molecule has 1 heterocycles. The Morgan fingerprint density at radius 1 is 1.42 bits per heavy atom. The van der Waals surface area contributed by atoms with Gasteiger partial charge in [-0.15, -0.1) is 5.10 Å². The number of aryl methyl sites for hydroxylation is 2. The zero-order chi connectivity index (χ0) is 14.0. The van der Waals surface area contributed by atoms with Crippen molar-refractivity contribution >= 4 is 5.97 Å². The SMILES string of the molecule is CCOc1ccc(-c2nn(C)nc2C(=O)O)cc1C. The molecule has 0 fully saturated rings. The highest BCUT2D eigenvalue weighted by molar-refractivity contribution is 5.92. The lowest BCUT2D eigenvalue weighted by Crippen LogP contribution is -2.00. The normalized spacial score (nSPS) is 10.5. The smallest absolute Gasteiger partial charge is 0.358 e. The molecular weight excluding hydrogens is 246 g/mol. The summed E-state index contributed by atoms with van der Waals surface area (Å²) < 4.78 is 5.45. The van der Waals surface area contributed by atoms with E-state index in [4.69, 9.17) is 9.84 Å². The first-order valence-electron chi connectivity index (χ1n) is 5.91. The average Bonchev–Trinajstić information content (AvgIpc) is 2.74. The van der Waals surface area contributed by atoms with Gasteiger partial charge >= 0.3 is 5.97 Å². The third kappa shape index (κ3) is 2.57. The standard InChI is InChI=1S/C13H15N3O3/c1-4-19-10-6-5-9(7-8(10)2)11-12(13(17)18)15-16(3)14-11/h5-7H,4H2,1-3H3,(H,17,18). The lowest BCUT2D eigenvalue weighted by atomic mass is 10.1. The number of rotatable bonds is 4. The van der Waals surface area contributed by atoms with E-state index >= 15 is 0 Å². The van der Waals surface area contributed by atoms with Crippen LogP contribution in [0.3, 0.4) is 0 Å². The van der Waals surface area contributed by atoms with Crippen molar-refractivity contribution in [3.63, 3.8) is 0 Å². The van der Waals surface area contributed by atoms with Crippen LogP contribution in [0.2, 0.25) is 0 Å². The van der Waals surface area contributed by atoms with Gasteiger partial charge in [0.05, 0.1) is 6.61 Å². The van der Waals surface area contributed by atoms with Crippen LogP contribution in [0.5, 0.6) is 5.75 Å². The van der Waals surface area contributed by atoms with Gasteiger partial charge in [0.2, 0.25) is 0 Å². The second-order valence-electron chi connectivity index (χ2n) is 4.11. The number of carboxylic acid groups (broad SMARTS) is 1. The van der Waals surface area contributed by atoms with E-state index in [-0.39, 0.29) is 5.69 Å². The summed E-state index contributed by atoms with van der Waals surface area (Å²) in [5, 5.41) is 17.1. The summed E-state index contributed by atoms with van der Waals surface area (Å²) in [5.41, 5.74) is 1.96. The molecule has 0 spiro atoms. The molecule has 2 aromatic rings. The van der Waals surface area contributed by atoms with Gasteiger partial charge < -0.3 is 9.84 Å². The first kappa shape index (κ1) is 13.1. The molecule has 0 amide bonds. The number of aromatic carboxylic acids is 1. The predicted molar refractivity (Wildman–Crippen MR) is 69.3 cm³/mol. The van der Waals surface area contributed by atoms with Gasteiger partial charge in [-0.05, 0) is 37.6 Å². The Labute approximate surface area is 110 Å². The molecule has 0 bridgehead atoms.